The first-order chi connectivity index (χ1) is 13.2. The summed E-state index contributed by atoms with van der Waals surface area (Å²) in [6.07, 6.45) is 7.36. The minimum absolute atomic E-state index is 0.101. The third-order valence-electron chi connectivity index (χ3n) is 5.07. The van der Waals surface area contributed by atoms with Gasteiger partial charge < -0.3 is 10.2 Å². The smallest absolute Gasteiger partial charge is 0.242 e. The second kappa shape index (κ2) is 9.83. The molecule has 0 spiro atoms. The highest BCUT2D eigenvalue weighted by Crippen LogP contribution is 2.27. The van der Waals surface area contributed by atoms with Crippen molar-refractivity contribution in [2.75, 3.05) is 18.0 Å². The van der Waals surface area contributed by atoms with Crippen molar-refractivity contribution in [3.63, 3.8) is 0 Å². The first-order valence-corrected chi connectivity index (χ1v) is 10.9. The van der Waals surface area contributed by atoms with Gasteiger partial charge in [0.2, 0.25) is 11.0 Å². The number of carbonyl (C=O) groups is 1. The van der Waals surface area contributed by atoms with Crippen LogP contribution < -0.4 is 10.2 Å². The van der Waals surface area contributed by atoms with Gasteiger partial charge in [-0.05, 0) is 31.7 Å². The molecule has 2 aromatic rings. The predicted molar refractivity (Wildman–Crippen MR) is 111 cm³/mol. The Labute approximate surface area is 166 Å². The maximum absolute atomic E-state index is 12.6. The van der Waals surface area contributed by atoms with Gasteiger partial charge in [-0.25, -0.2) is 4.98 Å². The van der Waals surface area contributed by atoms with E-state index < -0.39 is 0 Å². The molecule has 1 N–H and O–H groups in total. The van der Waals surface area contributed by atoms with Crippen LogP contribution in [0.5, 0.6) is 0 Å². The van der Waals surface area contributed by atoms with Crippen molar-refractivity contribution in [3.05, 3.63) is 41.2 Å². The van der Waals surface area contributed by atoms with E-state index in [9.17, 15) is 4.79 Å². The van der Waals surface area contributed by atoms with Crippen LogP contribution in [0.2, 0.25) is 0 Å². The summed E-state index contributed by atoms with van der Waals surface area (Å²) in [7, 11) is 0. The van der Waals surface area contributed by atoms with Crippen molar-refractivity contribution in [3.8, 4) is 0 Å². The lowest BCUT2D eigenvalue weighted by Crippen LogP contribution is -2.43. The molecule has 1 amide bonds. The van der Waals surface area contributed by atoms with Gasteiger partial charge in [0.25, 0.3) is 0 Å². The van der Waals surface area contributed by atoms with Crippen LogP contribution in [0.25, 0.3) is 0 Å². The van der Waals surface area contributed by atoms with E-state index >= 15 is 0 Å². The fourth-order valence-electron chi connectivity index (χ4n) is 3.47. The van der Waals surface area contributed by atoms with Crippen LogP contribution in [0.4, 0.5) is 5.13 Å². The maximum atomic E-state index is 12.6. The minimum Gasteiger partial charge on any atom is -0.354 e. The Balaban J connectivity index is 1.56. The molecule has 146 valence electrons. The summed E-state index contributed by atoms with van der Waals surface area (Å²) in [5, 5.41) is 3.99. The number of aromatic nitrogens is 2. The predicted octanol–water partition coefficient (Wildman–Crippen LogP) is 4.10. The van der Waals surface area contributed by atoms with Gasteiger partial charge in [0, 0.05) is 31.0 Å². The van der Waals surface area contributed by atoms with Crippen LogP contribution in [0.1, 0.15) is 62.4 Å². The van der Waals surface area contributed by atoms with E-state index in [1.807, 2.05) is 0 Å². The Kier molecular flexibility index (Phi) is 7.21. The lowest BCUT2D eigenvalue weighted by molar-refractivity contribution is -0.122. The van der Waals surface area contributed by atoms with Crippen LogP contribution in [-0.2, 0) is 11.2 Å². The Hall–Kier alpha value is -1.95. The molecule has 0 bridgehead atoms. The zero-order valence-electron chi connectivity index (χ0n) is 16.4. The van der Waals surface area contributed by atoms with Gasteiger partial charge in [0.1, 0.15) is 11.9 Å². The summed E-state index contributed by atoms with van der Waals surface area (Å²) in [6, 6.07) is 8.38. The Morgan fingerprint density at radius 2 is 2.07 bits per heavy atom. The van der Waals surface area contributed by atoms with Crippen LogP contribution in [-0.4, -0.2) is 34.4 Å². The number of anilines is 1. The molecule has 1 aliphatic rings. The molecule has 0 aliphatic carbocycles. The highest BCUT2D eigenvalue weighted by molar-refractivity contribution is 7.09. The summed E-state index contributed by atoms with van der Waals surface area (Å²) in [4.78, 5) is 19.4. The number of nitrogens with one attached hydrogen (secondary N) is 1. The Bertz CT molecular complexity index is 728. The largest absolute Gasteiger partial charge is 0.354 e. The molecule has 0 saturated carbocycles. The molecule has 0 radical (unpaired) electrons. The fraction of sp³-hybridized carbons (Fsp3) is 0.571. The number of nitrogens with zero attached hydrogens (tertiary/aromatic N) is 3. The number of rotatable bonds is 9. The highest BCUT2D eigenvalue weighted by atomic mass is 32.1. The second-order valence-corrected chi connectivity index (χ2v) is 8.09. The highest BCUT2D eigenvalue weighted by Gasteiger charge is 2.32. The van der Waals surface area contributed by atoms with E-state index in [1.165, 1.54) is 41.9 Å². The number of hydrogen-bond acceptors (Lipinski definition) is 5. The van der Waals surface area contributed by atoms with Gasteiger partial charge in [-0.15, -0.1) is 0 Å². The quantitative estimate of drug-likeness (QED) is 0.659. The van der Waals surface area contributed by atoms with Crippen molar-refractivity contribution >= 4 is 22.6 Å². The first-order valence-electron chi connectivity index (χ1n) is 10.1. The molecule has 3 rings (SSSR count). The van der Waals surface area contributed by atoms with E-state index in [-0.39, 0.29) is 11.9 Å². The Morgan fingerprint density at radius 1 is 1.26 bits per heavy atom. The summed E-state index contributed by atoms with van der Waals surface area (Å²) in [5.41, 5.74) is 2.47. The van der Waals surface area contributed by atoms with E-state index in [2.05, 4.69) is 52.7 Å². The van der Waals surface area contributed by atoms with Gasteiger partial charge in [0.15, 0.2) is 0 Å². The normalized spacial score (nSPS) is 16.7. The summed E-state index contributed by atoms with van der Waals surface area (Å²) >= 11 is 1.41. The third-order valence-corrected chi connectivity index (χ3v) is 5.86. The van der Waals surface area contributed by atoms with Crippen molar-refractivity contribution in [2.24, 2.45) is 0 Å². The number of hydrogen-bond donors (Lipinski definition) is 1. The summed E-state index contributed by atoms with van der Waals surface area (Å²) < 4.78 is 4.53. The van der Waals surface area contributed by atoms with Gasteiger partial charge >= 0.3 is 0 Å². The third kappa shape index (κ3) is 5.51. The van der Waals surface area contributed by atoms with Crippen LogP contribution >= 0.6 is 11.5 Å². The summed E-state index contributed by atoms with van der Waals surface area (Å²) in [6.45, 7) is 5.94. The zero-order valence-corrected chi connectivity index (χ0v) is 17.2. The number of unbranched alkanes of at least 4 members (excludes halogenated alkanes) is 3. The Morgan fingerprint density at radius 3 is 2.85 bits per heavy atom. The first kappa shape index (κ1) is 19.8. The second-order valence-electron chi connectivity index (χ2n) is 7.36. The fourth-order valence-corrected chi connectivity index (χ4v) is 4.23. The van der Waals surface area contributed by atoms with Crippen LogP contribution in [0.3, 0.4) is 0 Å². The molecule has 2 heterocycles. The van der Waals surface area contributed by atoms with E-state index in [1.54, 1.807) is 0 Å². The molecule has 1 aromatic heterocycles. The molecule has 1 aliphatic heterocycles. The molecule has 27 heavy (non-hydrogen) atoms. The standard InChI is InChI=1S/C21H30N4OS/c1-3-4-5-6-13-22-20(26)18-8-7-14-25(18)21-23-19(24-27-21)15-17-11-9-16(2)10-12-17/h9-12,18H,3-8,13-15H2,1-2H3,(H,22,26)/t18-/m1/s1. The molecule has 1 saturated heterocycles. The molecule has 6 heteroatoms. The van der Waals surface area contributed by atoms with Crippen molar-refractivity contribution < 1.29 is 4.79 Å². The van der Waals surface area contributed by atoms with E-state index in [4.69, 9.17) is 4.98 Å². The van der Waals surface area contributed by atoms with Crippen molar-refractivity contribution in [2.45, 2.75) is 64.8 Å². The lowest BCUT2D eigenvalue weighted by atomic mass is 10.1. The van der Waals surface area contributed by atoms with E-state index in [0.29, 0.717) is 0 Å². The SMILES string of the molecule is CCCCCCNC(=O)[C@H]1CCCN1c1nc(Cc2ccc(C)cc2)ns1. The van der Waals surface area contributed by atoms with Crippen LogP contribution in [0.15, 0.2) is 24.3 Å². The number of amides is 1. The van der Waals surface area contributed by atoms with Gasteiger partial charge in [-0.3, -0.25) is 4.79 Å². The monoisotopic (exact) mass is 386 g/mol. The average molecular weight is 387 g/mol. The molecule has 0 unspecified atom stereocenters. The lowest BCUT2D eigenvalue weighted by Gasteiger charge is -2.22. The van der Waals surface area contributed by atoms with Crippen LogP contribution in [0, 0.1) is 6.92 Å². The number of carbonyl (C=O) groups excluding carboxylic acids is 1. The van der Waals surface area contributed by atoms with Crippen molar-refractivity contribution in [1.82, 2.24) is 14.7 Å². The van der Waals surface area contributed by atoms with Gasteiger partial charge in [-0.1, -0.05) is 56.0 Å². The molecule has 1 atom stereocenters. The maximum Gasteiger partial charge on any atom is 0.242 e. The summed E-state index contributed by atoms with van der Waals surface area (Å²) in [5.74, 6) is 0.976. The minimum atomic E-state index is -0.101. The van der Waals surface area contributed by atoms with Gasteiger partial charge in [-0.2, -0.15) is 4.37 Å². The molecule has 1 aromatic carbocycles. The molecular formula is C21H30N4OS. The van der Waals surface area contributed by atoms with Crippen molar-refractivity contribution in [1.29, 1.82) is 0 Å². The van der Waals surface area contributed by atoms with E-state index in [0.717, 1.165) is 49.7 Å². The molecule has 1 fully saturated rings. The zero-order chi connectivity index (χ0) is 19.1. The molecule has 5 nitrogen and oxygen atoms in total. The van der Waals surface area contributed by atoms with Gasteiger partial charge in [0.05, 0.1) is 0 Å². The molecular weight excluding hydrogens is 356 g/mol. The average Bonchev–Trinajstić information content (AvgIpc) is 3.32. The number of aryl methyl sites for hydroxylation is 1. The number of benzene rings is 1. The topological polar surface area (TPSA) is 58.1 Å².